The topological polar surface area (TPSA) is 36.7 Å². The van der Waals surface area contributed by atoms with E-state index in [9.17, 15) is 4.79 Å². The number of carbonyl (C=O) groups excluding carboxylic acids is 1. The van der Waals surface area contributed by atoms with Crippen LogP contribution in [-0.2, 0) is 24.3 Å². The molecule has 0 spiro atoms. The average molecular weight is 352 g/mol. The molecule has 2 aromatic heterocycles. The number of nitrogens with zero attached hydrogens (tertiary/aromatic N) is 2. The molecule has 5 heteroatoms. The molecule has 0 atom stereocenters. The lowest BCUT2D eigenvalue weighted by Gasteiger charge is -2.24. The maximum atomic E-state index is 12.9. The van der Waals surface area contributed by atoms with E-state index in [1.807, 2.05) is 41.3 Å². The van der Waals surface area contributed by atoms with Gasteiger partial charge in [0.2, 0.25) is 5.91 Å². The molecule has 1 aromatic carbocycles. The van der Waals surface area contributed by atoms with E-state index in [1.54, 1.807) is 17.6 Å². The van der Waals surface area contributed by atoms with Crippen LogP contribution >= 0.6 is 11.3 Å². The van der Waals surface area contributed by atoms with Gasteiger partial charge in [0.15, 0.2) is 0 Å². The Morgan fingerprint density at radius 1 is 1.12 bits per heavy atom. The maximum absolute atomic E-state index is 12.9. The fourth-order valence-corrected chi connectivity index (χ4v) is 4.03. The summed E-state index contributed by atoms with van der Waals surface area (Å²) < 4.78 is 5.48. The Morgan fingerprint density at radius 2 is 2.04 bits per heavy atom. The first-order valence-electron chi connectivity index (χ1n) is 8.45. The number of amides is 1. The molecule has 4 nitrogen and oxygen atoms in total. The van der Waals surface area contributed by atoms with E-state index >= 15 is 0 Å². The molecule has 0 radical (unpaired) electrons. The summed E-state index contributed by atoms with van der Waals surface area (Å²) in [5.74, 6) is 1.03. The summed E-state index contributed by atoms with van der Waals surface area (Å²) in [5.41, 5.74) is 2.31. The van der Waals surface area contributed by atoms with Crippen molar-refractivity contribution < 1.29 is 9.21 Å². The van der Waals surface area contributed by atoms with E-state index in [-0.39, 0.29) is 5.91 Å². The zero-order chi connectivity index (χ0) is 17.1. The van der Waals surface area contributed by atoms with Crippen molar-refractivity contribution in [2.24, 2.45) is 0 Å². The van der Waals surface area contributed by atoms with Gasteiger partial charge in [-0.1, -0.05) is 24.3 Å². The number of hydrogen-bond donors (Lipinski definition) is 0. The fourth-order valence-electron chi connectivity index (χ4n) is 3.29. The molecule has 1 aliphatic heterocycles. The second kappa shape index (κ2) is 7.25. The van der Waals surface area contributed by atoms with E-state index in [0.29, 0.717) is 13.1 Å². The lowest BCUT2D eigenvalue weighted by Crippen LogP contribution is -2.39. The summed E-state index contributed by atoms with van der Waals surface area (Å²) in [4.78, 5) is 18.2. The van der Waals surface area contributed by atoms with Gasteiger partial charge in [-0.05, 0) is 41.6 Å². The van der Waals surface area contributed by atoms with Crippen molar-refractivity contribution in [3.05, 3.63) is 76.4 Å². The molecular weight excluding hydrogens is 332 g/mol. The number of carbonyl (C=O) groups is 1. The smallest absolute Gasteiger partial charge is 0.241 e. The Kier molecular flexibility index (Phi) is 4.68. The van der Waals surface area contributed by atoms with E-state index in [0.717, 1.165) is 31.0 Å². The molecule has 1 aliphatic rings. The van der Waals surface area contributed by atoms with E-state index < -0.39 is 0 Å². The highest BCUT2D eigenvalue weighted by Crippen LogP contribution is 2.27. The lowest BCUT2D eigenvalue weighted by molar-refractivity contribution is -0.120. The number of benzene rings is 1. The number of hydrogen-bond acceptors (Lipinski definition) is 4. The third kappa shape index (κ3) is 3.67. The number of thiophene rings is 1. The predicted octanol–water partition coefficient (Wildman–Crippen LogP) is 3.93. The quantitative estimate of drug-likeness (QED) is 0.674. The molecule has 0 unspecified atom stereocenters. The Morgan fingerprint density at radius 3 is 2.84 bits per heavy atom. The van der Waals surface area contributed by atoms with Gasteiger partial charge in [0.05, 0.1) is 19.4 Å². The van der Waals surface area contributed by atoms with Crippen molar-refractivity contribution in [3.63, 3.8) is 0 Å². The molecule has 0 saturated carbocycles. The predicted molar refractivity (Wildman–Crippen MR) is 99.6 cm³/mol. The SMILES string of the molecule is O=C(CN(Cc1ccco1)Cc1cccs1)N1CCc2ccccc21. The van der Waals surface area contributed by atoms with Crippen LogP contribution in [0.2, 0.25) is 0 Å². The molecule has 128 valence electrons. The molecule has 4 rings (SSSR count). The Bertz CT molecular complexity index is 791. The van der Waals surface area contributed by atoms with Crippen molar-refractivity contribution in [3.8, 4) is 0 Å². The molecular formula is C20H20N2O2S. The van der Waals surface area contributed by atoms with Crippen LogP contribution in [0.4, 0.5) is 5.69 Å². The normalized spacial score (nSPS) is 13.4. The van der Waals surface area contributed by atoms with Gasteiger partial charge in [0.1, 0.15) is 5.76 Å². The summed E-state index contributed by atoms with van der Waals surface area (Å²) in [7, 11) is 0. The first-order chi connectivity index (χ1) is 12.3. The Balaban J connectivity index is 1.49. The maximum Gasteiger partial charge on any atom is 0.241 e. The minimum atomic E-state index is 0.146. The molecule has 0 aliphatic carbocycles. The van der Waals surface area contributed by atoms with Gasteiger partial charge < -0.3 is 9.32 Å². The molecule has 0 N–H and O–H groups in total. The second-order valence-corrected chi connectivity index (χ2v) is 7.26. The first-order valence-corrected chi connectivity index (χ1v) is 9.33. The van der Waals surface area contributed by atoms with Gasteiger partial charge in [-0.15, -0.1) is 11.3 Å². The summed E-state index contributed by atoms with van der Waals surface area (Å²) in [5, 5.41) is 2.07. The van der Waals surface area contributed by atoms with Crippen LogP contribution < -0.4 is 4.90 Å². The molecule has 3 heterocycles. The zero-order valence-corrected chi connectivity index (χ0v) is 14.7. The Labute approximate surface area is 151 Å². The van der Waals surface area contributed by atoms with Crippen molar-refractivity contribution in [2.75, 3.05) is 18.0 Å². The minimum Gasteiger partial charge on any atom is -0.468 e. The average Bonchev–Trinajstić information content (AvgIpc) is 3.36. The summed E-state index contributed by atoms with van der Waals surface area (Å²) in [6, 6.07) is 16.2. The molecule has 0 saturated heterocycles. The highest BCUT2D eigenvalue weighted by Gasteiger charge is 2.25. The van der Waals surface area contributed by atoms with Gasteiger partial charge in [-0.25, -0.2) is 0 Å². The molecule has 3 aromatic rings. The van der Waals surface area contributed by atoms with Gasteiger partial charge in [-0.2, -0.15) is 0 Å². The molecule has 1 amide bonds. The van der Waals surface area contributed by atoms with Crippen LogP contribution in [0.3, 0.4) is 0 Å². The van der Waals surface area contributed by atoms with Crippen LogP contribution in [0, 0.1) is 0 Å². The monoisotopic (exact) mass is 352 g/mol. The van der Waals surface area contributed by atoms with Crippen LogP contribution in [0.15, 0.2) is 64.6 Å². The summed E-state index contributed by atoms with van der Waals surface area (Å²) >= 11 is 1.71. The van der Waals surface area contributed by atoms with E-state index in [2.05, 4.69) is 22.4 Å². The van der Waals surface area contributed by atoms with Crippen molar-refractivity contribution >= 4 is 22.9 Å². The van der Waals surface area contributed by atoms with E-state index in [4.69, 9.17) is 4.42 Å². The lowest BCUT2D eigenvalue weighted by atomic mass is 10.2. The highest BCUT2D eigenvalue weighted by atomic mass is 32.1. The Hall–Kier alpha value is -2.37. The first kappa shape index (κ1) is 16.1. The summed E-state index contributed by atoms with van der Waals surface area (Å²) in [6.07, 6.45) is 2.61. The van der Waals surface area contributed by atoms with Crippen LogP contribution in [0.25, 0.3) is 0 Å². The molecule has 25 heavy (non-hydrogen) atoms. The number of para-hydroxylation sites is 1. The number of furan rings is 1. The fraction of sp³-hybridized carbons (Fsp3) is 0.250. The van der Waals surface area contributed by atoms with Crippen molar-refractivity contribution in [2.45, 2.75) is 19.5 Å². The number of rotatable bonds is 6. The standard InChI is InChI=1S/C20H20N2O2S/c23-20(22-10-9-16-5-1-2-8-19(16)22)15-21(13-17-6-3-11-24-17)14-18-7-4-12-25-18/h1-8,11-12H,9-10,13-15H2. The third-order valence-corrected chi connectivity index (χ3v) is 5.33. The second-order valence-electron chi connectivity index (χ2n) is 6.23. The zero-order valence-electron chi connectivity index (χ0n) is 13.9. The molecule has 0 fully saturated rings. The van der Waals surface area contributed by atoms with Crippen LogP contribution in [0.1, 0.15) is 16.2 Å². The van der Waals surface area contributed by atoms with Gasteiger partial charge in [0, 0.05) is 23.7 Å². The van der Waals surface area contributed by atoms with Crippen molar-refractivity contribution in [1.29, 1.82) is 0 Å². The molecule has 0 bridgehead atoms. The summed E-state index contributed by atoms with van der Waals surface area (Å²) in [6.45, 7) is 2.53. The number of fused-ring (bicyclic) bond motifs is 1. The largest absolute Gasteiger partial charge is 0.468 e. The number of anilines is 1. The van der Waals surface area contributed by atoms with Crippen molar-refractivity contribution in [1.82, 2.24) is 4.90 Å². The third-order valence-electron chi connectivity index (χ3n) is 4.47. The van der Waals surface area contributed by atoms with Crippen LogP contribution in [-0.4, -0.2) is 23.9 Å². The van der Waals surface area contributed by atoms with Crippen LogP contribution in [0.5, 0.6) is 0 Å². The minimum absolute atomic E-state index is 0.146. The highest BCUT2D eigenvalue weighted by molar-refractivity contribution is 7.09. The van der Waals surface area contributed by atoms with Gasteiger partial charge >= 0.3 is 0 Å². The van der Waals surface area contributed by atoms with Gasteiger partial charge in [0.25, 0.3) is 0 Å². The van der Waals surface area contributed by atoms with E-state index in [1.165, 1.54) is 10.4 Å². The van der Waals surface area contributed by atoms with Gasteiger partial charge in [-0.3, -0.25) is 9.69 Å².